The molecule has 5 heteroatoms. The summed E-state index contributed by atoms with van der Waals surface area (Å²) < 4.78 is 0. The minimum Gasteiger partial charge on any atom is -0.337 e. The van der Waals surface area contributed by atoms with E-state index in [-0.39, 0.29) is 5.91 Å². The van der Waals surface area contributed by atoms with Crippen LogP contribution >= 0.6 is 11.3 Å². The third-order valence-corrected chi connectivity index (χ3v) is 3.77. The van der Waals surface area contributed by atoms with Crippen LogP contribution < -0.4 is 5.73 Å². The van der Waals surface area contributed by atoms with Gasteiger partial charge >= 0.3 is 0 Å². The van der Waals surface area contributed by atoms with E-state index in [1.807, 2.05) is 18.4 Å². The first-order valence-electron chi connectivity index (χ1n) is 6.54. The molecule has 0 spiro atoms. The van der Waals surface area contributed by atoms with E-state index in [0.717, 1.165) is 16.1 Å². The first kappa shape index (κ1) is 15.2. The van der Waals surface area contributed by atoms with Crippen molar-refractivity contribution in [3.63, 3.8) is 0 Å². The molecule has 0 aliphatic heterocycles. The molecule has 0 aliphatic carbocycles. The van der Waals surface area contributed by atoms with Gasteiger partial charge in [-0.1, -0.05) is 11.8 Å². The summed E-state index contributed by atoms with van der Waals surface area (Å²) in [4.78, 5) is 19.1. The van der Waals surface area contributed by atoms with E-state index in [1.165, 1.54) is 0 Å². The quantitative estimate of drug-likeness (QED) is 0.882. The van der Waals surface area contributed by atoms with E-state index in [4.69, 9.17) is 5.73 Å². The molecule has 0 bridgehead atoms. The molecule has 0 radical (unpaired) electrons. The average molecular weight is 299 g/mol. The molecule has 0 saturated carbocycles. The zero-order valence-electron chi connectivity index (χ0n) is 12.1. The summed E-state index contributed by atoms with van der Waals surface area (Å²) in [5.41, 5.74) is 7.92. The van der Waals surface area contributed by atoms with Crippen LogP contribution in [0.25, 0.3) is 0 Å². The molecule has 2 heterocycles. The Kier molecular flexibility index (Phi) is 5.09. The summed E-state index contributed by atoms with van der Waals surface area (Å²) in [6, 6.07) is 5.52. The number of aromatic nitrogens is 1. The molecule has 2 aromatic heterocycles. The molecule has 0 unspecified atom stereocenters. The van der Waals surface area contributed by atoms with Crippen molar-refractivity contribution in [2.45, 2.75) is 13.5 Å². The largest absolute Gasteiger partial charge is 0.337 e. The predicted octanol–water partition coefficient (Wildman–Crippen LogP) is 2.03. The summed E-state index contributed by atoms with van der Waals surface area (Å²) in [5, 5.41) is 2.02. The summed E-state index contributed by atoms with van der Waals surface area (Å²) in [6.07, 6.45) is 1.65. The van der Waals surface area contributed by atoms with Crippen molar-refractivity contribution in [3.8, 4) is 11.8 Å². The molecule has 21 heavy (non-hydrogen) atoms. The van der Waals surface area contributed by atoms with Crippen molar-refractivity contribution in [2.24, 2.45) is 5.73 Å². The summed E-state index contributed by atoms with van der Waals surface area (Å²) in [6.45, 7) is 2.78. The van der Waals surface area contributed by atoms with Crippen LogP contribution in [0.3, 0.4) is 0 Å². The lowest BCUT2D eigenvalue weighted by molar-refractivity contribution is 0.0785. The molecule has 1 amide bonds. The van der Waals surface area contributed by atoms with Gasteiger partial charge in [-0.15, -0.1) is 11.3 Å². The van der Waals surface area contributed by atoms with Gasteiger partial charge in [-0.25, -0.2) is 0 Å². The minimum atomic E-state index is -0.0127. The normalized spacial score (nSPS) is 9.86. The molecule has 108 valence electrons. The Hall–Kier alpha value is -2.16. The van der Waals surface area contributed by atoms with E-state index < -0.39 is 0 Å². The van der Waals surface area contributed by atoms with E-state index in [0.29, 0.717) is 18.7 Å². The van der Waals surface area contributed by atoms with Gasteiger partial charge in [0.2, 0.25) is 0 Å². The number of nitrogens with zero attached hydrogens (tertiary/aromatic N) is 2. The second kappa shape index (κ2) is 7.02. The van der Waals surface area contributed by atoms with Gasteiger partial charge in [-0.05, 0) is 36.1 Å². The Labute approximate surface area is 128 Å². The van der Waals surface area contributed by atoms with Crippen LogP contribution in [0.15, 0.2) is 29.8 Å². The Balaban J connectivity index is 2.05. The first-order valence-corrected chi connectivity index (χ1v) is 7.42. The van der Waals surface area contributed by atoms with Gasteiger partial charge in [0, 0.05) is 31.0 Å². The Morgan fingerprint density at radius 1 is 1.48 bits per heavy atom. The number of thiophene rings is 1. The Morgan fingerprint density at radius 3 is 3.00 bits per heavy atom. The fourth-order valence-corrected chi connectivity index (χ4v) is 2.68. The van der Waals surface area contributed by atoms with Gasteiger partial charge in [-0.3, -0.25) is 9.78 Å². The van der Waals surface area contributed by atoms with Crippen molar-refractivity contribution in [1.29, 1.82) is 0 Å². The van der Waals surface area contributed by atoms with Gasteiger partial charge in [0.1, 0.15) is 0 Å². The van der Waals surface area contributed by atoms with Crippen LogP contribution in [0.1, 0.15) is 26.5 Å². The van der Waals surface area contributed by atoms with Gasteiger partial charge in [0.25, 0.3) is 5.91 Å². The van der Waals surface area contributed by atoms with Crippen LogP contribution in [0.2, 0.25) is 0 Å². The fraction of sp³-hybridized carbons (Fsp3) is 0.250. The molecule has 2 rings (SSSR count). The topological polar surface area (TPSA) is 59.2 Å². The lowest BCUT2D eigenvalue weighted by atomic mass is 10.2. The highest BCUT2D eigenvalue weighted by atomic mass is 32.1. The van der Waals surface area contributed by atoms with Gasteiger partial charge in [-0.2, -0.15) is 0 Å². The van der Waals surface area contributed by atoms with Crippen molar-refractivity contribution < 1.29 is 4.79 Å². The van der Waals surface area contributed by atoms with Crippen LogP contribution in [0, 0.1) is 18.8 Å². The molecule has 4 nitrogen and oxygen atoms in total. The molecule has 0 aliphatic rings. The van der Waals surface area contributed by atoms with Crippen LogP contribution in [0.5, 0.6) is 0 Å². The molecule has 0 atom stereocenters. The molecular formula is C16H17N3OS. The summed E-state index contributed by atoms with van der Waals surface area (Å²) in [7, 11) is 1.79. The number of carbonyl (C=O) groups excluding carboxylic acids is 1. The van der Waals surface area contributed by atoms with Crippen molar-refractivity contribution >= 4 is 17.2 Å². The Morgan fingerprint density at radius 2 is 2.29 bits per heavy atom. The number of hydrogen-bond donors (Lipinski definition) is 1. The van der Waals surface area contributed by atoms with E-state index in [9.17, 15) is 4.79 Å². The van der Waals surface area contributed by atoms with Gasteiger partial charge < -0.3 is 10.6 Å². The lowest BCUT2D eigenvalue weighted by Crippen LogP contribution is -2.26. The first-order chi connectivity index (χ1) is 10.1. The second-order valence-electron chi connectivity index (χ2n) is 4.67. The van der Waals surface area contributed by atoms with E-state index >= 15 is 0 Å². The molecule has 2 aromatic rings. The van der Waals surface area contributed by atoms with Crippen LogP contribution in [-0.2, 0) is 6.54 Å². The lowest BCUT2D eigenvalue weighted by Gasteiger charge is -2.16. The number of carbonyl (C=O) groups is 1. The molecule has 0 saturated heterocycles. The maximum absolute atomic E-state index is 12.3. The maximum Gasteiger partial charge on any atom is 0.254 e. The minimum absolute atomic E-state index is 0.0127. The SMILES string of the molecule is Cc1cc(C(=O)N(C)Cc2csc(C#CCN)c2)ccn1. The van der Waals surface area contributed by atoms with Crippen molar-refractivity contribution in [2.75, 3.05) is 13.6 Å². The van der Waals surface area contributed by atoms with E-state index in [1.54, 1.807) is 41.6 Å². The highest BCUT2D eigenvalue weighted by Gasteiger charge is 2.13. The molecule has 0 fully saturated rings. The number of hydrogen-bond acceptors (Lipinski definition) is 4. The number of rotatable bonds is 3. The average Bonchev–Trinajstić information content (AvgIpc) is 2.91. The van der Waals surface area contributed by atoms with Crippen LogP contribution in [-0.4, -0.2) is 29.4 Å². The third-order valence-electron chi connectivity index (χ3n) is 2.88. The summed E-state index contributed by atoms with van der Waals surface area (Å²) in [5.74, 6) is 5.81. The zero-order chi connectivity index (χ0) is 15.2. The van der Waals surface area contributed by atoms with Gasteiger partial charge in [0.05, 0.1) is 11.4 Å². The van der Waals surface area contributed by atoms with Crippen molar-refractivity contribution in [1.82, 2.24) is 9.88 Å². The van der Waals surface area contributed by atoms with Crippen molar-refractivity contribution in [3.05, 3.63) is 51.5 Å². The second-order valence-corrected chi connectivity index (χ2v) is 5.58. The maximum atomic E-state index is 12.3. The van der Waals surface area contributed by atoms with Gasteiger partial charge in [0.15, 0.2) is 0 Å². The zero-order valence-corrected chi connectivity index (χ0v) is 12.9. The molecule has 2 N–H and O–H groups in total. The standard InChI is InChI=1S/C16H17N3OS/c1-12-8-14(5-7-18-12)16(20)19(2)10-13-9-15(21-11-13)4-3-6-17/h5,7-9,11H,6,10,17H2,1-2H3. The summed E-state index contributed by atoms with van der Waals surface area (Å²) >= 11 is 1.56. The molecular weight excluding hydrogens is 282 g/mol. The fourth-order valence-electron chi connectivity index (χ4n) is 1.91. The predicted molar refractivity (Wildman–Crippen MR) is 85.0 cm³/mol. The number of aryl methyl sites for hydroxylation is 1. The third kappa shape index (κ3) is 4.15. The highest BCUT2D eigenvalue weighted by Crippen LogP contribution is 2.16. The highest BCUT2D eigenvalue weighted by molar-refractivity contribution is 7.10. The van der Waals surface area contributed by atoms with E-state index in [2.05, 4.69) is 16.8 Å². The number of amides is 1. The number of pyridine rings is 1. The van der Waals surface area contributed by atoms with Crippen LogP contribution in [0.4, 0.5) is 0 Å². The smallest absolute Gasteiger partial charge is 0.254 e. The molecule has 0 aromatic carbocycles. The monoisotopic (exact) mass is 299 g/mol. The Bertz CT molecular complexity index is 697. The number of nitrogens with two attached hydrogens (primary N) is 1.